The molecule has 5 heteroatoms. The van der Waals surface area contributed by atoms with Crippen LogP contribution in [0.4, 0.5) is 0 Å². The summed E-state index contributed by atoms with van der Waals surface area (Å²) in [6, 6.07) is 8.21. The Kier molecular flexibility index (Phi) is 7.25. The second kappa shape index (κ2) is 9.42. The van der Waals surface area contributed by atoms with Crippen molar-refractivity contribution < 1.29 is 14.3 Å². The number of esters is 1. The Morgan fingerprint density at radius 1 is 1.25 bits per heavy atom. The fraction of sp³-hybridized carbons (Fsp3) is 0.579. The largest absolute Gasteiger partial charge is 0.468 e. The number of methoxy groups -OCH3 is 1. The van der Waals surface area contributed by atoms with Gasteiger partial charge in [-0.15, -0.1) is 0 Å². The molecule has 1 N–H and O–H groups in total. The van der Waals surface area contributed by atoms with Gasteiger partial charge >= 0.3 is 5.97 Å². The van der Waals surface area contributed by atoms with Crippen LogP contribution in [0.3, 0.4) is 0 Å². The maximum Gasteiger partial charge on any atom is 0.319 e. The van der Waals surface area contributed by atoms with Gasteiger partial charge in [-0.25, -0.2) is 0 Å². The lowest BCUT2D eigenvalue weighted by atomic mass is 9.98. The average molecular weight is 332 g/mol. The van der Waals surface area contributed by atoms with E-state index in [-0.39, 0.29) is 11.9 Å². The fourth-order valence-electron chi connectivity index (χ4n) is 3.11. The van der Waals surface area contributed by atoms with Crippen LogP contribution in [0.5, 0.6) is 0 Å². The molecule has 1 fully saturated rings. The van der Waals surface area contributed by atoms with Gasteiger partial charge in [-0.2, -0.15) is 0 Å². The van der Waals surface area contributed by atoms with Gasteiger partial charge in [-0.3, -0.25) is 14.5 Å². The van der Waals surface area contributed by atoms with Gasteiger partial charge in [-0.05, 0) is 42.9 Å². The molecule has 0 saturated carbocycles. The van der Waals surface area contributed by atoms with Crippen molar-refractivity contribution in [2.24, 2.45) is 5.92 Å². The number of likely N-dealkylation sites (tertiary alicyclic amines) is 1. The zero-order valence-corrected chi connectivity index (χ0v) is 14.7. The number of hydrogen-bond acceptors (Lipinski definition) is 4. The molecule has 0 radical (unpaired) electrons. The van der Waals surface area contributed by atoms with Crippen molar-refractivity contribution in [3.63, 3.8) is 0 Å². The number of ether oxygens (including phenoxy) is 1. The van der Waals surface area contributed by atoms with E-state index < -0.39 is 0 Å². The van der Waals surface area contributed by atoms with E-state index in [2.05, 4.69) is 29.3 Å². The van der Waals surface area contributed by atoms with Crippen LogP contribution in [0.2, 0.25) is 0 Å². The van der Waals surface area contributed by atoms with E-state index in [0.717, 1.165) is 37.9 Å². The van der Waals surface area contributed by atoms with Crippen LogP contribution in [0.1, 0.15) is 30.9 Å². The first-order chi connectivity index (χ1) is 11.6. The number of rotatable bonds is 7. The number of hydrogen-bond donors (Lipinski definition) is 1. The number of amides is 1. The minimum Gasteiger partial charge on any atom is -0.468 e. The molecule has 2 rings (SSSR count). The van der Waals surface area contributed by atoms with E-state index >= 15 is 0 Å². The maximum atomic E-state index is 12.1. The summed E-state index contributed by atoms with van der Waals surface area (Å²) in [5.74, 6) is 0.259. The maximum absolute atomic E-state index is 12.1. The minimum atomic E-state index is -0.199. The monoisotopic (exact) mass is 332 g/mol. The van der Waals surface area contributed by atoms with Crippen LogP contribution in [0, 0.1) is 5.92 Å². The summed E-state index contributed by atoms with van der Waals surface area (Å²) in [4.78, 5) is 25.6. The predicted octanol–water partition coefficient (Wildman–Crippen LogP) is 1.79. The van der Waals surface area contributed by atoms with Crippen molar-refractivity contribution in [1.29, 1.82) is 0 Å². The van der Waals surface area contributed by atoms with Crippen molar-refractivity contribution in [1.82, 2.24) is 10.2 Å². The molecule has 1 atom stereocenters. The number of aryl methyl sites for hydroxylation is 1. The van der Waals surface area contributed by atoms with Crippen molar-refractivity contribution >= 4 is 11.9 Å². The molecule has 1 aliphatic rings. The van der Waals surface area contributed by atoms with Crippen molar-refractivity contribution in [2.45, 2.75) is 32.6 Å². The van der Waals surface area contributed by atoms with Crippen LogP contribution < -0.4 is 5.32 Å². The van der Waals surface area contributed by atoms with Gasteiger partial charge in [0.05, 0.1) is 20.1 Å². The molecule has 132 valence electrons. The highest BCUT2D eigenvalue weighted by molar-refractivity contribution is 5.78. The molecule has 1 aromatic rings. The second-order valence-corrected chi connectivity index (χ2v) is 6.47. The van der Waals surface area contributed by atoms with Gasteiger partial charge in [0, 0.05) is 13.1 Å². The predicted molar refractivity (Wildman–Crippen MR) is 93.7 cm³/mol. The van der Waals surface area contributed by atoms with Gasteiger partial charge in [0.15, 0.2) is 0 Å². The third-order valence-electron chi connectivity index (χ3n) is 4.57. The van der Waals surface area contributed by atoms with Crippen LogP contribution in [-0.2, 0) is 27.2 Å². The van der Waals surface area contributed by atoms with Crippen LogP contribution in [0.15, 0.2) is 24.3 Å². The highest BCUT2D eigenvalue weighted by Gasteiger charge is 2.22. The molecule has 0 spiro atoms. The van der Waals surface area contributed by atoms with Gasteiger partial charge in [0.1, 0.15) is 0 Å². The van der Waals surface area contributed by atoms with Crippen LogP contribution >= 0.6 is 0 Å². The molecule has 1 aromatic carbocycles. The van der Waals surface area contributed by atoms with E-state index in [1.165, 1.54) is 12.7 Å². The van der Waals surface area contributed by atoms with Crippen molar-refractivity contribution in [3.05, 3.63) is 35.4 Å². The number of nitrogens with one attached hydrogen (secondary N) is 1. The third-order valence-corrected chi connectivity index (χ3v) is 4.57. The average Bonchev–Trinajstić information content (AvgIpc) is 2.61. The Bertz CT molecular complexity index is 542. The zero-order valence-electron chi connectivity index (χ0n) is 14.7. The zero-order chi connectivity index (χ0) is 17.4. The van der Waals surface area contributed by atoms with Crippen molar-refractivity contribution in [3.8, 4) is 0 Å². The summed E-state index contributed by atoms with van der Waals surface area (Å²) in [6.07, 6.45) is 3.57. The molecule has 0 aliphatic carbocycles. The van der Waals surface area contributed by atoms with Crippen LogP contribution in [-0.4, -0.2) is 50.1 Å². The molecule has 0 bridgehead atoms. The lowest BCUT2D eigenvalue weighted by molar-refractivity contribution is -0.142. The minimum absolute atomic E-state index is 0.0596. The van der Waals surface area contributed by atoms with Gasteiger partial charge in [-0.1, -0.05) is 31.2 Å². The van der Waals surface area contributed by atoms with E-state index in [1.807, 2.05) is 12.1 Å². The highest BCUT2D eigenvalue weighted by atomic mass is 16.5. The van der Waals surface area contributed by atoms with E-state index in [4.69, 9.17) is 4.74 Å². The molecule has 1 heterocycles. The van der Waals surface area contributed by atoms with Crippen LogP contribution in [0.25, 0.3) is 0 Å². The van der Waals surface area contributed by atoms with E-state index in [0.29, 0.717) is 25.4 Å². The highest BCUT2D eigenvalue weighted by Crippen LogP contribution is 2.15. The fourth-order valence-corrected chi connectivity index (χ4v) is 3.11. The molecule has 1 unspecified atom stereocenters. The lowest BCUT2D eigenvalue weighted by Gasteiger charge is -2.31. The van der Waals surface area contributed by atoms with Gasteiger partial charge < -0.3 is 10.1 Å². The topological polar surface area (TPSA) is 58.6 Å². The molecular formula is C19H28N2O3. The SMILES string of the molecule is CCc1ccc(CC(=O)NCC2CCCN(CC(=O)OC)C2)cc1. The molecule has 1 saturated heterocycles. The summed E-state index contributed by atoms with van der Waals surface area (Å²) in [7, 11) is 1.41. The number of piperidine rings is 1. The Morgan fingerprint density at radius 2 is 1.96 bits per heavy atom. The van der Waals surface area contributed by atoms with E-state index in [1.54, 1.807) is 0 Å². The first-order valence-corrected chi connectivity index (χ1v) is 8.74. The number of benzene rings is 1. The van der Waals surface area contributed by atoms with Crippen molar-refractivity contribution in [2.75, 3.05) is 33.3 Å². The lowest BCUT2D eigenvalue weighted by Crippen LogP contribution is -2.43. The molecule has 0 aromatic heterocycles. The number of carbonyl (C=O) groups excluding carboxylic acids is 2. The molecule has 1 amide bonds. The Balaban J connectivity index is 1.73. The third kappa shape index (κ3) is 5.96. The summed E-state index contributed by atoms with van der Waals surface area (Å²) < 4.78 is 4.72. The van der Waals surface area contributed by atoms with E-state index in [9.17, 15) is 9.59 Å². The number of nitrogens with zero attached hydrogens (tertiary/aromatic N) is 1. The summed E-state index contributed by atoms with van der Waals surface area (Å²) in [5.41, 5.74) is 2.33. The standard InChI is InChI=1S/C19H28N2O3/c1-3-15-6-8-16(9-7-15)11-18(22)20-12-17-5-4-10-21(13-17)14-19(23)24-2/h6-9,17H,3-5,10-14H2,1-2H3,(H,20,22). The Labute approximate surface area is 144 Å². The Hall–Kier alpha value is -1.88. The quantitative estimate of drug-likeness (QED) is 0.774. The molecule has 5 nitrogen and oxygen atoms in total. The normalized spacial score (nSPS) is 18.2. The van der Waals surface area contributed by atoms with Gasteiger partial charge in [0.25, 0.3) is 0 Å². The summed E-state index contributed by atoms with van der Waals surface area (Å²) >= 11 is 0. The second-order valence-electron chi connectivity index (χ2n) is 6.47. The van der Waals surface area contributed by atoms with Gasteiger partial charge in [0.2, 0.25) is 5.91 Å². The molecular weight excluding hydrogens is 304 g/mol. The Morgan fingerprint density at radius 3 is 2.62 bits per heavy atom. The molecule has 1 aliphatic heterocycles. The summed E-state index contributed by atoms with van der Waals surface area (Å²) in [6.45, 7) is 4.88. The first-order valence-electron chi connectivity index (χ1n) is 8.74. The first kappa shape index (κ1) is 18.5. The summed E-state index contributed by atoms with van der Waals surface area (Å²) in [5, 5.41) is 3.04. The number of carbonyl (C=O) groups is 2. The molecule has 24 heavy (non-hydrogen) atoms. The smallest absolute Gasteiger partial charge is 0.319 e.